The van der Waals surface area contributed by atoms with E-state index in [2.05, 4.69) is 19.2 Å². The van der Waals surface area contributed by atoms with Gasteiger partial charge in [-0.1, -0.05) is 68.4 Å². The minimum Gasteiger partial charge on any atom is -0.319 e. The van der Waals surface area contributed by atoms with Gasteiger partial charge in [0, 0.05) is 5.56 Å². The fraction of sp³-hybridized carbons (Fsp3) is 0.286. The normalized spacial score (nSPS) is 19.8. The molecule has 26 heavy (non-hydrogen) atoms. The van der Waals surface area contributed by atoms with Crippen molar-refractivity contribution in [3.8, 4) is 0 Å². The van der Waals surface area contributed by atoms with Crippen molar-refractivity contribution in [1.82, 2.24) is 10.2 Å². The van der Waals surface area contributed by atoms with Crippen LogP contribution >= 0.6 is 0 Å². The third-order valence-corrected chi connectivity index (χ3v) is 4.83. The monoisotopic (exact) mass is 350 g/mol. The molecule has 1 aliphatic rings. The topological polar surface area (TPSA) is 66.5 Å². The zero-order valence-electron chi connectivity index (χ0n) is 15.2. The summed E-state index contributed by atoms with van der Waals surface area (Å²) in [5.74, 6) is -0.302. The third kappa shape index (κ3) is 3.12. The summed E-state index contributed by atoms with van der Waals surface area (Å²) in [6.45, 7) is 5.59. The Kier molecular flexibility index (Phi) is 4.64. The summed E-state index contributed by atoms with van der Waals surface area (Å²) in [6, 6.07) is 15.7. The van der Waals surface area contributed by atoms with Crippen LogP contribution in [0, 0.1) is 0 Å². The summed E-state index contributed by atoms with van der Waals surface area (Å²) in [6.07, 6.45) is 0. The lowest BCUT2D eigenvalue weighted by molar-refractivity contribution is -0.130. The number of hydrogen-bond donors (Lipinski definition) is 1. The van der Waals surface area contributed by atoms with Crippen LogP contribution in [0.3, 0.4) is 0 Å². The van der Waals surface area contributed by atoms with Gasteiger partial charge in [0.25, 0.3) is 5.91 Å². The molecular formula is C21H22N2O3. The predicted molar refractivity (Wildman–Crippen MR) is 98.9 cm³/mol. The van der Waals surface area contributed by atoms with Crippen molar-refractivity contribution in [3.63, 3.8) is 0 Å². The number of urea groups is 1. The van der Waals surface area contributed by atoms with Crippen LogP contribution in [0.5, 0.6) is 0 Å². The van der Waals surface area contributed by atoms with Gasteiger partial charge in [0.15, 0.2) is 5.78 Å². The van der Waals surface area contributed by atoms with E-state index in [4.69, 9.17) is 0 Å². The Morgan fingerprint density at radius 1 is 1.04 bits per heavy atom. The molecule has 2 aromatic carbocycles. The molecule has 0 bridgehead atoms. The molecule has 1 heterocycles. The zero-order chi connectivity index (χ0) is 18.9. The Bertz CT molecular complexity index is 843. The minimum atomic E-state index is -1.16. The van der Waals surface area contributed by atoms with Crippen molar-refractivity contribution < 1.29 is 14.4 Å². The average molecular weight is 350 g/mol. The molecule has 1 fully saturated rings. The number of nitrogens with zero attached hydrogens (tertiary/aromatic N) is 1. The van der Waals surface area contributed by atoms with Crippen LogP contribution in [0.2, 0.25) is 0 Å². The Morgan fingerprint density at radius 2 is 1.65 bits per heavy atom. The Labute approximate surface area is 153 Å². The number of rotatable bonds is 5. The van der Waals surface area contributed by atoms with Crippen LogP contribution in [-0.2, 0) is 10.3 Å². The minimum absolute atomic E-state index is 0.269. The Morgan fingerprint density at radius 3 is 2.23 bits per heavy atom. The Balaban J connectivity index is 1.82. The molecule has 1 atom stereocenters. The molecule has 1 aliphatic heterocycles. The summed E-state index contributed by atoms with van der Waals surface area (Å²) in [7, 11) is 0. The van der Waals surface area contributed by atoms with Gasteiger partial charge in [-0.25, -0.2) is 4.79 Å². The molecule has 1 saturated heterocycles. The van der Waals surface area contributed by atoms with Gasteiger partial charge in [0.1, 0.15) is 5.54 Å². The molecule has 0 spiro atoms. The fourth-order valence-corrected chi connectivity index (χ4v) is 3.10. The SMILES string of the molecule is CC(C)c1ccc([C@@]2(C)NC(=O)N(CC(=O)c3ccccc3)C2=O)cc1. The second-order valence-electron chi connectivity index (χ2n) is 7.01. The highest BCUT2D eigenvalue weighted by Gasteiger charge is 2.49. The van der Waals surface area contributed by atoms with Gasteiger partial charge < -0.3 is 5.32 Å². The van der Waals surface area contributed by atoms with Crippen molar-refractivity contribution in [1.29, 1.82) is 0 Å². The molecule has 1 N–H and O–H groups in total. The Hall–Kier alpha value is -2.95. The number of carbonyl (C=O) groups excluding carboxylic acids is 3. The van der Waals surface area contributed by atoms with Crippen LogP contribution in [0.25, 0.3) is 0 Å². The van der Waals surface area contributed by atoms with Crippen LogP contribution < -0.4 is 5.32 Å². The highest BCUT2D eigenvalue weighted by atomic mass is 16.2. The first-order chi connectivity index (χ1) is 12.3. The van der Waals surface area contributed by atoms with Crippen molar-refractivity contribution in [2.75, 3.05) is 6.54 Å². The second kappa shape index (κ2) is 6.75. The fourth-order valence-electron chi connectivity index (χ4n) is 3.10. The molecule has 3 rings (SSSR count). The molecule has 2 aromatic rings. The number of hydrogen-bond acceptors (Lipinski definition) is 3. The average Bonchev–Trinajstić information content (AvgIpc) is 2.86. The van der Waals surface area contributed by atoms with Crippen LogP contribution in [0.15, 0.2) is 54.6 Å². The summed E-state index contributed by atoms with van der Waals surface area (Å²) >= 11 is 0. The predicted octanol–water partition coefficient (Wildman–Crippen LogP) is 3.46. The molecule has 5 heteroatoms. The molecular weight excluding hydrogens is 328 g/mol. The molecule has 3 amide bonds. The lowest BCUT2D eigenvalue weighted by Gasteiger charge is -2.22. The van der Waals surface area contributed by atoms with Crippen molar-refractivity contribution in [3.05, 3.63) is 71.3 Å². The number of carbonyl (C=O) groups is 3. The number of Topliss-reactive ketones (excluding diaryl/α,β-unsaturated/α-hetero) is 1. The van der Waals surface area contributed by atoms with E-state index in [1.54, 1.807) is 31.2 Å². The second-order valence-corrected chi connectivity index (χ2v) is 7.01. The number of amides is 3. The van der Waals surface area contributed by atoms with Gasteiger partial charge in [-0.2, -0.15) is 0 Å². The quantitative estimate of drug-likeness (QED) is 0.663. The van der Waals surface area contributed by atoms with E-state index in [0.717, 1.165) is 10.5 Å². The molecule has 0 saturated carbocycles. The van der Waals surface area contributed by atoms with E-state index in [1.165, 1.54) is 0 Å². The van der Waals surface area contributed by atoms with E-state index >= 15 is 0 Å². The highest BCUT2D eigenvalue weighted by molar-refractivity contribution is 6.11. The summed E-state index contributed by atoms with van der Waals surface area (Å²) in [5.41, 5.74) is 1.17. The van der Waals surface area contributed by atoms with Gasteiger partial charge in [0.2, 0.25) is 0 Å². The molecule has 0 aromatic heterocycles. The number of nitrogens with one attached hydrogen (secondary N) is 1. The molecule has 0 unspecified atom stereocenters. The first-order valence-corrected chi connectivity index (χ1v) is 8.65. The van der Waals surface area contributed by atoms with Crippen molar-refractivity contribution >= 4 is 17.7 Å². The van der Waals surface area contributed by atoms with E-state index < -0.39 is 17.5 Å². The lowest BCUT2D eigenvalue weighted by Crippen LogP contribution is -2.41. The van der Waals surface area contributed by atoms with Crippen LogP contribution in [0.1, 0.15) is 48.2 Å². The van der Waals surface area contributed by atoms with E-state index in [1.807, 2.05) is 30.3 Å². The van der Waals surface area contributed by atoms with Crippen LogP contribution in [0.4, 0.5) is 4.79 Å². The number of benzene rings is 2. The van der Waals surface area contributed by atoms with E-state index in [-0.39, 0.29) is 12.3 Å². The first-order valence-electron chi connectivity index (χ1n) is 8.65. The molecule has 0 aliphatic carbocycles. The number of imide groups is 1. The van der Waals surface area contributed by atoms with Gasteiger partial charge in [-0.05, 0) is 24.0 Å². The van der Waals surface area contributed by atoms with Gasteiger partial charge in [-0.3, -0.25) is 14.5 Å². The standard InChI is InChI=1S/C21H22N2O3/c1-14(2)15-9-11-17(12-10-15)21(3)19(25)23(20(26)22-21)13-18(24)16-7-5-4-6-8-16/h4-12,14H,13H2,1-3H3,(H,22,26)/t21-/m1/s1. The number of ketones is 1. The maximum atomic E-state index is 12.9. The van der Waals surface area contributed by atoms with Crippen molar-refractivity contribution in [2.24, 2.45) is 0 Å². The van der Waals surface area contributed by atoms with Gasteiger partial charge in [-0.15, -0.1) is 0 Å². The van der Waals surface area contributed by atoms with Crippen LogP contribution in [-0.4, -0.2) is 29.2 Å². The molecule has 0 radical (unpaired) electrons. The van der Waals surface area contributed by atoms with E-state index in [0.29, 0.717) is 17.0 Å². The van der Waals surface area contributed by atoms with Crippen molar-refractivity contribution in [2.45, 2.75) is 32.2 Å². The van der Waals surface area contributed by atoms with Gasteiger partial charge >= 0.3 is 6.03 Å². The van der Waals surface area contributed by atoms with Gasteiger partial charge in [0.05, 0.1) is 6.54 Å². The third-order valence-electron chi connectivity index (χ3n) is 4.83. The van der Waals surface area contributed by atoms with E-state index in [9.17, 15) is 14.4 Å². The summed E-state index contributed by atoms with van der Waals surface area (Å²) in [5, 5.41) is 2.74. The first kappa shape index (κ1) is 17.9. The maximum absolute atomic E-state index is 12.9. The summed E-state index contributed by atoms with van der Waals surface area (Å²) in [4.78, 5) is 38.6. The maximum Gasteiger partial charge on any atom is 0.325 e. The smallest absolute Gasteiger partial charge is 0.319 e. The molecule has 134 valence electrons. The molecule has 5 nitrogen and oxygen atoms in total. The zero-order valence-corrected chi connectivity index (χ0v) is 15.2. The lowest BCUT2D eigenvalue weighted by atomic mass is 9.90. The largest absolute Gasteiger partial charge is 0.325 e. The highest BCUT2D eigenvalue weighted by Crippen LogP contribution is 2.30. The summed E-state index contributed by atoms with van der Waals surface area (Å²) < 4.78 is 0.